The number of carbonyl (C=O) groups excluding carboxylic acids is 2. The Balaban J connectivity index is 1.65. The van der Waals surface area contributed by atoms with Crippen molar-refractivity contribution < 1.29 is 9.59 Å². The number of amides is 2. The first-order valence-corrected chi connectivity index (χ1v) is 8.56. The molecule has 2 aliphatic heterocycles. The second kappa shape index (κ2) is 5.54. The Kier molecular flexibility index (Phi) is 3.47. The largest absolute Gasteiger partial charge is 0.337 e. The summed E-state index contributed by atoms with van der Waals surface area (Å²) in [6.07, 6.45) is 1.77. The van der Waals surface area contributed by atoms with Gasteiger partial charge in [0.05, 0.1) is 0 Å². The third kappa shape index (κ3) is 2.51. The molecule has 4 rings (SSSR count). The first-order valence-electron chi connectivity index (χ1n) is 7.34. The van der Waals surface area contributed by atoms with Crippen LogP contribution in [0.25, 0.3) is 16.5 Å². The Hall–Kier alpha value is -2.51. The molecule has 2 aliphatic rings. The molecule has 2 aromatic rings. The molecule has 0 radical (unpaired) electrons. The van der Waals surface area contributed by atoms with Gasteiger partial charge in [-0.3, -0.25) is 14.9 Å². The molecule has 0 unspecified atom stereocenters. The van der Waals surface area contributed by atoms with E-state index in [0.717, 1.165) is 26.4 Å². The smallest absolute Gasteiger partial charge is 0.273 e. The Bertz CT molecular complexity index is 930. The van der Waals surface area contributed by atoms with Crippen LogP contribution in [-0.4, -0.2) is 28.9 Å². The zero-order valence-electron chi connectivity index (χ0n) is 12.8. The van der Waals surface area contributed by atoms with E-state index in [9.17, 15) is 9.59 Å². The second-order valence-corrected chi connectivity index (χ2v) is 7.23. The molecule has 1 saturated heterocycles. The standard InChI is InChI=1S/C17H13N3O2S2/c1-20-8-10-3-2-9(6-12(10)16(20)22)14-5-4-11(24-14)7-13-15(21)19-17(23)18-13/h2-7H,8H2,1H3,(H2,18,19,21,23)/b13-7-. The molecule has 0 bridgehead atoms. The van der Waals surface area contributed by atoms with E-state index in [0.29, 0.717) is 17.4 Å². The molecule has 1 fully saturated rings. The van der Waals surface area contributed by atoms with Crippen molar-refractivity contribution in [1.82, 2.24) is 15.5 Å². The summed E-state index contributed by atoms with van der Waals surface area (Å²) < 4.78 is 0. The van der Waals surface area contributed by atoms with Gasteiger partial charge in [-0.15, -0.1) is 11.3 Å². The summed E-state index contributed by atoms with van der Waals surface area (Å²) in [7, 11) is 1.81. The average Bonchev–Trinajstić information content (AvgIpc) is 3.20. The molecule has 7 heteroatoms. The number of thiocarbonyl (C=S) groups is 1. The fourth-order valence-electron chi connectivity index (χ4n) is 2.81. The molecule has 24 heavy (non-hydrogen) atoms. The third-order valence-corrected chi connectivity index (χ3v) is 5.30. The number of rotatable bonds is 2. The first-order chi connectivity index (χ1) is 11.5. The molecular weight excluding hydrogens is 342 g/mol. The highest BCUT2D eigenvalue weighted by Gasteiger charge is 2.25. The maximum absolute atomic E-state index is 12.1. The number of thiophene rings is 1. The van der Waals surface area contributed by atoms with Crippen LogP contribution >= 0.6 is 23.6 Å². The molecule has 0 saturated carbocycles. The van der Waals surface area contributed by atoms with Crippen LogP contribution in [0.2, 0.25) is 0 Å². The van der Waals surface area contributed by atoms with Crippen molar-refractivity contribution in [2.45, 2.75) is 6.54 Å². The number of hydrogen-bond acceptors (Lipinski definition) is 4. The molecule has 120 valence electrons. The van der Waals surface area contributed by atoms with E-state index in [1.54, 1.807) is 22.3 Å². The molecule has 2 N–H and O–H groups in total. The molecule has 1 aromatic heterocycles. The topological polar surface area (TPSA) is 61.4 Å². The van der Waals surface area contributed by atoms with E-state index in [2.05, 4.69) is 10.6 Å². The molecule has 0 aliphatic carbocycles. The van der Waals surface area contributed by atoms with Crippen molar-refractivity contribution >= 4 is 46.6 Å². The number of carbonyl (C=O) groups is 2. The van der Waals surface area contributed by atoms with Crippen LogP contribution in [0.15, 0.2) is 36.0 Å². The quantitative estimate of drug-likeness (QED) is 0.641. The van der Waals surface area contributed by atoms with Crippen molar-refractivity contribution in [3.05, 3.63) is 52.0 Å². The lowest BCUT2D eigenvalue weighted by Crippen LogP contribution is -2.21. The minimum absolute atomic E-state index is 0.0612. The third-order valence-electron chi connectivity index (χ3n) is 4.01. The summed E-state index contributed by atoms with van der Waals surface area (Å²) >= 11 is 6.48. The van der Waals surface area contributed by atoms with E-state index in [1.807, 2.05) is 37.4 Å². The van der Waals surface area contributed by atoms with Gasteiger partial charge in [0, 0.05) is 28.9 Å². The zero-order valence-corrected chi connectivity index (χ0v) is 14.4. The Morgan fingerprint density at radius 1 is 1.21 bits per heavy atom. The summed E-state index contributed by atoms with van der Waals surface area (Å²) in [6, 6.07) is 9.93. The Labute approximate surface area is 148 Å². The second-order valence-electron chi connectivity index (χ2n) is 5.70. The van der Waals surface area contributed by atoms with Gasteiger partial charge in [0.1, 0.15) is 5.70 Å². The summed E-state index contributed by atoms with van der Waals surface area (Å²) in [5, 5.41) is 5.70. The minimum atomic E-state index is -0.221. The zero-order chi connectivity index (χ0) is 16.8. The fraction of sp³-hybridized carbons (Fsp3) is 0.118. The molecule has 3 heterocycles. The number of nitrogens with zero attached hydrogens (tertiary/aromatic N) is 1. The molecular formula is C17H13N3O2S2. The van der Waals surface area contributed by atoms with Crippen molar-refractivity contribution in [3.63, 3.8) is 0 Å². The van der Waals surface area contributed by atoms with Gasteiger partial charge in [0.2, 0.25) is 0 Å². The van der Waals surface area contributed by atoms with Gasteiger partial charge in [-0.05, 0) is 47.6 Å². The normalized spacial score (nSPS) is 18.1. The van der Waals surface area contributed by atoms with Crippen molar-refractivity contribution in [3.8, 4) is 10.4 Å². The predicted molar refractivity (Wildman–Crippen MR) is 97.4 cm³/mol. The van der Waals surface area contributed by atoms with Crippen LogP contribution in [0.3, 0.4) is 0 Å². The fourth-order valence-corrected chi connectivity index (χ4v) is 3.96. The minimum Gasteiger partial charge on any atom is -0.337 e. The van der Waals surface area contributed by atoms with Gasteiger partial charge < -0.3 is 10.2 Å². The summed E-state index contributed by atoms with van der Waals surface area (Å²) in [5.74, 6) is -0.160. The molecule has 0 spiro atoms. The maximum atomic E-state index is 12.1. The highest BCUT2D eigenvalue weighted by atomic mass is 32.1. The van der Waals surface area contributed by atoms with Gasteiger partial charge in [0.25, 0.3) is 11.8 Å². The van der Waals surface area contributed by atoms with Crippen molar-refractivity contribution in [2.24, 2.45) is 0 Å². The lowest BCUT2D eigenvalue weighted by Gasteiger charge is -2.04. The van der Waals surface area contributed by atoms with Crippen molar-refractivity contribution in [2.75, 3.05) is 7.05 Å². The maximum Gasteiger partial charge on any atom is 0.273 e. The van der Waals surface area contributed by atoms with Crippen LogP contribution in [0.5, 0.6) is 0 Å². The van der Waals surface area contributed by atoms with Crippen LogP contribution < -0.4 is 10.6 Å². The SMILES string of the molecule is CN1Cc2ccc(-c3ccc(/C=C4\NC(=S)NC4=O)s3)cc2C1=O. The highest BCUT2D eigenvalue weighted by molar-refractivity contribution is 7.80. The Morgan fingerprint density at radius 3 is 2.79 bits per heavy atom. The molecule has 2 amide bonds. The summed E-state index contributed by atoms with van der Waals surface area (Å²) in [5.41, 5.74) is 3.28. The number of nitrogens with one attached hydrogen (secondary N) is 2. The van der Waals surface area contributed by atoms with Gasteiger partial charge in [-0.2, -0.15) is 0 Å². The number of hydrogen-bond donors (Lipinski definition) is 2. The lowest BCUT2D eigenvalue weighted by molar-refractivity contribution is -0.115. The van der Waals surface area contributed by atoms with Crippen LogP contribution in [0.4, 0.5) is 0 Å². The van der Waals surface area contributed by atoms with Gasteiger partial charge in [-0.1, -0.05) is 12.1 Å². The predicted octanol–water partition coefficient (Wildman–Crippen LogP) is 2.35. The van der Waals surface area contributed by atoms with Gasteiger partial charge >= 0.3 is 0 Å². The Morgan fingerprint density at radius 2 is 2.04 bits per heavy atom. The summed E-state index contributed by atoms with van der Waals surface area (Å²) in [6.45, 7) is 0.664. The van der Waals surface area contributed by atoms with E-state index in [4.69, 9.17) is 12.2 Å². The van der Waals surface area contributed by atoms with Crippen LogP contribution in [0, 0.1) is 0 Å². The number of benzene rings is 1. The molecule has 5 nitrogen and oxygen atoms in total. The summed E-state index contributed by atoms with van der Waals surface area (Å²) in [4.78, 5) is 27.5. The number of fused-ring (bicyclic) bond motifs is 1. The molecule has 0 atom stereocenters. The molecule has 1 aromatic carbocycles. The monoisotopic (exact) mass is 355 g/mol. The lowest BCUT2D eigenvalue weighted by atomic mass is 10.1. The van der Waals surface area contributed by atoms with E-state index < -0.39 is 0 Å². The van der Waals surface area contributed by atoms with E-state index in [1.165, 1.54) is 0 Å². The van der Waals surface area contributed by atoms with E-state index >= 15 is 0 Å². The van der Waals surface area contributed by atoms with Gasteiger partial charge in [0.15, 0.2) is 5.11 Å². The van der Waals surface area contributed by atoms with Gasteiger partial charge in [-0.25, -0.2) is 0 Å². The van der Waals surface area contributed by atoms with Crippen molar-refractivity contribution in [1.29, 1.82) is 0 Å². The average molecular weight is 355 g/mol. The van der Waals surface area contributed by atoms with Crippen LogP contribution in [-0.2, 0) is 11.3 Å². The first kappa shape index (κ1) is 15.0. The highest BCUT2D eigenvalue weighted by Crippen LogP contribution is 2.32. The van der Waals surface area contributed by atoms with Crippen LogP contribution in [0.1, 0.15) is 20.8 Å². The van der Waals surface area contributed by atoms with E-state index in [-0.39, 0.29) is 11.8 Å².